The molecule has 0 amide bonds. The van der Waals surface area contributed by atoms with E-state index in [1.807, 2.05) is 25.1 Å². The van der Waals surface area contributed by atoms with Crippen molar-refractivity contribution in [3.05, 3.63) is 39.7 Å². The third-order valence-electron chi connectivity index (χ3n) is 2.62. The molecule has 4 nitrogen and oxygen atoms in total. The standard InChI is InChI=1S/C13H13BrClN3O/c1-3-11-12(15)16-7-17-13(11)18-9-4-8(14)5-10(6-9)19-2/h4-7H,3H2,1-2H3,(H,16,17,18). The number of methoxy groups -OCH3 is 1. The van der Waals surface area contributed by atoms with Gasteiger partial charge in [0.2, 0.25) is 0 Å². The van der Waals surface area contributed by atoms with Gasteiger partial charge in [0.05, 0.1) is 7.11 Å². The average Bonchev–Trinajstić information content (AvgIpc) is 2.38. The molecule has 1 heterocycles. The van der Waals surface area contributed by atoms with Crippen LogP contribution in [0.4, 0.5) is 11.5 Å². The van der Waals surface area contributed by atoms with Gasteiger partial charge in [-0.3, -0.25) is 0 Å². The van der Waals surface area contributed by atoms with Crippen LogP contribution in [0.15, 0.2) is 29.0 Å². The molecule has 1 aromatic heterocycles. The molecule has 100 valence electrons. The molecule has 0 saturated carbocycles. The van der Waals surface area contributed by atoms with Gasteiger partial charge in [0, 0.05) is 21.8 Å². The van der Waals surface area contributed by atoms with E-state index in [1.165, 1.54) is 6.33 Å². The Morgan fingerprint density at radius 1 is 1.32 bits per heavy atom. The molecule has 0 atom stereocenters. The maximum absolute atomic E-state index is 6.06. The van der Waals surface area contributed by atoms with E-state index in [-0.39, 0.29) is 0 Å². The lowest BCUT2D eigenvalue weighted by Crippen LogP contribution is -2.01. The van der Waals surface area contributed by atoms with Gasteiger partial charge in [0.1, 0.15) is 23.0 Å². The quantitative estimate of drug-likeness (QED) is 0.846. The zero-order valence-electron chi connectivity index (χ0n) is 10.6. The first-order valence-electron chi connectivity index (χ1n) is 5.75. The van der Waals surface area contributed by atoms with E-state index < -0.39 is 0 Å². The van der Waals surface area contributed by atoms with E-state index in [9.17, 15) is 0 Å². The summed E-state index contributed by atoms with van der Waals surface area (Å²) in [5, 5.41) is 3.71. The second-order valence-electron chi connectivity index (χ2n) is 3.85. The highest BCUT2D eigenvalue weighted by molar-refractivity contribution is 9.10. The summed E-state index contributed by atoms with van der Waals surface area (Å²) in [7, 11) is 1.63. The van der Waals surface area contributed by atoms with Gasteiger partial charge in [0.25, 0.3) is 0 Å². The van der Waals surface area contributed by atoms with E-state index in [1.54, 1.807) is 7.11 Å². The third-order valence-corrected chi connectivity index (χ3v) is 3.40. The molecule has 19 heavy (non-hydrogen) atoms. The van der Waals surface area contributed by atoms with Crippen molar-refractivity contribution in [1.82, 2.24) is 9.97 Å². The zero-order valence-corrected chi connectivity index (χ0v) is 12.9. The fraction of sp³-hybridized carbons (Fsp3) is 0.231. The molecule has 0 unspecified atom stereocenters. The summed E-state index contributed by atoms with van der Waals surface area (Å²) in [6.07, 6.45) is 2.20. The number of benzene rings is 1. The van der Waals surface area contributed by atoms with Crippen LogP contribution in [0.25, 0.3) is 0 Å². The van der Waals surface area contributed by atoms with Crippen molar-refractivity contribution in [3.8, 4) is 5.75 Å². The van der Waals surface area contributed by atoms with Gasteiger partial charge in [-0.15, -0.1) is 0 Å². The Bertz CT molecular complexity index is 592. The van der Waals surface area contributed by atoms with Crippen LogP contribution < -0.4 is 10.1 Å². The number of hydrogen-bond acceptors (Lipinski definition) is 4. The summed E-state index contributed by atoms with van der Waals surface area (Å²) in [4.78, 5) is 8.21. The van der Waals surface area contributed by atoms with Crippen LogP contribution in [0.3, 0.4) is 0 Å². The highest BCUT2D eigenvalue weighted by Crippen LogP contribution is 2.28. The molecule has 2 aromatic rings. The normalized spacial score (nSPS) is 10.3. The van der Waals surface area contributed by atoms with Gasteiger partial charge in [0.15, 0.2) is 0 Å². The minimum Gasteiger partial charge on any atom is -0.497 e. The second-order valence-corrected chi connectivity index (χ2v) is 5.12. The fourth-order valence-electron chi connectivity index (χ4n) is 1.70. The smallest absolute Gasteiger partial charge is 0.138 e. The highest BCUT2D eigenvalue weighted by Gasteiger charge is 2.09. The Kier molecular flexibility index (Phi) is 4.61. The van der Waals surface area contributed by atoms with E-state index in [4.69, 9.17) is 16.3 Å². The van der Waals surface area contributed by atoms with Crippen molar-refractivity contribution in [3.63, 3.8) is 0 Å². The van der Waals surface area contributed by atoms with E-state index in [0.717, 1.165) is 27.9 Å². The molecule has 0 fully saturated rings. The molecule has 0 bridgehead atoms. The van der Waals surface area contributed by atoms with E-state index in [2.05, 4.69) is 31.2 Å². The largest absolute Gasteiger partial charge is 0.497 e. The number of rotatable bonds is 4. The molecule has 1 N–H and O–H groups in total. The number of nitrogens with one attached hydrogen (secondary N) is 1. The highest BCUT2D eigenvalue weighted by atomic mass is 79.9. The Balaban J connectivity index is 2.36. The number of nitrogens with zero attached hydrogens (tertiary/aromatic N) is 2. The molecule has 0 aliphatic rings. The molecule has 0 saturated heterocycles. The maximum atomic E-state index is 6.06. The Morgan fingerprint density at radius 3 is 2.79 bits per heavy atom. The lowest BCUT2D eigenvalue weighted by molar-refractivity contribution is 0.415. The monoisotopic (exact) mass is 341 g/mol. The Hall–Kier alpha value is -1.33. The second kappa shape index (κ2) is 6.21. The topological polar surface area (TPSA) is 47.0 Å². The van der Waals surface area contributed by atoms with Gasteiger partial charge in [-0.2, -0.15) is 0 Å². The van der Waals surface area contributed by atoms with Crippen LogP contribution in [0.5, 0.6) is 5.75 Å². The molecular weight excluding hydrogens is 330 g/mol. The molecule has 1 aromatic carbocycles. The first-order chi connectivity index (χ1) is 9.13. The van der Waals surface area contributed by atoms with Crippen LogP contribution in [0.1, 0.15) is 12.5 Å². The van der Waals surface area contributed by atoms with Crippen LogP contribution in [-0.4, -0.2) is 17.1 Å². The number of halogens is 2. The molecular formula is C13H13BrClN3O. The summed E-state index contributed by atoms with van der Waals surface area (Å²) in [5.41, 5.74) is 1.76. The fourth-order valence-corrected chi connectivity index (χ4v) is 2.44. The minimum absolute atomic E-state index is 0.474. The number of hydrogen-bond donors (Lipinski definition) is 1. The first kappa shape index (κ1) is 14.1. The number of anilines is 2. The van der Waals surface area contributed by atoms with Crippen molar-refractivity contribution in [2.24, 2.45) is 0 Å². The van der Waals surface area contributed by atoms with Gasteiger partial charge in [-0.1, -0.05) is 34.5 Å². The Labute approximate surface area is 125 Å². The summed E-state index contributed by atoms with van der Waals surface area (Å²) in [5.74, 6) is 1.47. The molecule has 6 heteroatoms. The third kappa shape index (κ3) is 3.36. The van der Waals surface area contributed by atoms with Crippen molar-refractivity contribution in [2.45, 2.75) is 13.3 Å². The van der Waals surface area contributed by atoms with Gasteiger partial charge in [-0.25, -0.2) is 9.97 Å². The van der Waals surface area contributed by atoms with E-state index in [0.29, 0.717) is 11.0 Å². The molecule has 0 aliphatic carbocycles. The predicted molar refractivity (Wildman–Crippen MR) is 80.4 cm³/mol. The molecule has 0 spiro atoms. The van der Waals surface area contributed by atoms with E-state index >= 15 is 0 Å². The van der Waals surface area contributed by atoms with Crippen LogP contribution in [0.2, 0.25) is 5.15 Å². The first-order valence-corrected chi connectivity index (χ1v) is 6.92. The summed E-state index contributed by atoms with van der Waals surface area (Å²) in [6, 6.07) is 5.72. The summed E-state index contributed by atoms with van der Waals surface area (Å²) >= 11 is 9.50. The molecule has 0 aliphatic heterocycles. The molecule has 2 rings (SSSR count). The van der Waals surface area contributed by atoms with Gasteiger partial charge in [-0.05, 0) is 18.6 Å². The van der Waals surface area contributed by atoms with Crippen molar-refractivity contribution >= 4 is 39.0 Å². The van der Waals surface area contributed by atoms with Gasteiger partial charge >= 0.3 is 0 Å². The summed E-state index contributed by atoms with van der Waals surface area (Å²) < 4.78 is 6.15. The Morgan fingerprint density at radius 2 is 2.11 bits per heavy atom. The zero-order chi connectivity index (χ0) is 13.8. The van der Waals surface area contributed by atoms with Crippen LogP contribution in [-0.2, 0) is 6.42 Å². The van der Waals surface area contributed by atoms with Crippen molar-refractivity contribution in [2.75, 3.05) is 12.4 Å². The lowest BCUT2D eigenvalue weighted by atomic mass is 10.2. The summed E-state index contributed by atoms with van der Waals surface area (Å²) in [6.45, 7) is 2.01. The van der Waals surface area contributed by atoms with Crippen molar-refractivity contribution < 1.29 is 4.74 Å². The minimum atomic E-state index is 0.474. The number of aromatic nitrogens is 2. The number of ether oxygens (including phenoxy) is 1. The van der Waals surface area contributed by atoms with Crippen molar-refractivity contribution in [1.29, 1.82) is 0 Å². The lowest BCUT2D eigenvalue weighted by Gasteiger charge is -2.12. The molecule has 0 radical (unpaired) electrons. The maximum Gasteiger partial charge on any atom is 0.138 e. The van der Waals surface area contributed by atoms with Gasteiger partial charge < -0.3 is 10.1 Å². The SMILES string of the molecule is CCc1c(Cl)ncnc1Nc1cc(Br)cc(OC)c1. The van der Waals surface area contributed by atoms with Crippen LogP contribution >= 0.6 is 27.5 Å². The average molecular weight is 343 g/mol. The predicted octanol–water partition coefficient (Wildman–Crippen LogP) is 4.21. The van der Waals surface area contributed by atoms with Crippen LogP contribution in [0, 0.1) is 0 Å².